The maximum Gasteiger partial charge on any atom is 0.325 e. The lowest BCUT2D eigenvalue weighted by Crippen LogP contribution is -2.42. The molecule has 0 saturated carbocycles. The Hall–Kier alpha value is -3.16. The monoisotopic (exact) mass is 370 g/mol. The predicted molar refractivity (Wildman–Crippen MR) is 97.9 cm³/mol. The Morgan fingerprint density at radius 2 is 2.00 bits per heavy atom. The molecule has 2 N–H and O–H groups in total. The number of carbonyl (C=O) groups excluding carboxylic acids is 3. The van der Waals surface area contributed by atoms with E-state index in [1.54, 1.807) is 19.9 Å². The zero-order valence-electron chi connectivity index (χ0n) is 15.5. The van der Waals surface area contributed by atoms with Gasteiger partial charge in [-0.1, -0.05) is 42.8 Å². The quantitative estimate of drug-likeness (QED) is 0.760. The number of nitrogens with zero attached hydrogens (tertiary/aromatic N) is 2. The van der Waals surface area contributed by atoms with Crippen LogP contribution in [-0.4, -0.2) is 34.4 Å². The molecule has 0 bridgehead atoms. The van der Waals surface area contributed by atoms with Crippen LogP contribution in [0.4, 0.5) is 10.6 Å². The van der Waals surface area contributed by atoms with E-state index in [2.05, 4.69) is 22.7 Å². The van der Waals surface area contributed by atoms with Crippen LogP contribution in [0.2, 0.25) is 0 Å². The molecule has 8 nitrogen and oxygen atoms in total. The van der Waals surface area contributed by atoms with E-state index in [1.807, 2.05) is 24.3 Å². The number of rotatable bonds is 6. The summed E-state index contributed by atoms with van der Waals surface area (Å²) in [5.41, 5.74) is 0.642. The van der Waals surface area contributed by atoms with Crippen molar-refractivity contribution >= 4 is 23.7 Å². The van der Waals surface area contributed by atoms with E-state index in [0.717, 1.165) is 17.7 Å². The average molecular weight is 370 g/mol. The molecule has 1 aromatic heterocycles. The Bertz CT molecular complexity index is 874. The third kappa shape index (κ3) is 3.69. The molecule has 2 aromatic rings. The topological polar surface area (TPSA) is 105 Å². The number of nitrogens with one attached hydrogen (secondary N) is 2. The molecule has 0 aliphatic carbocycles. The Balaban J connectivity index is 1.72. The van der Waals surface area contributed by atoms with Crippen molar-refractivity contribution in [1.82, 2.24) is 15.4 Å². The number of urea groups is 1. The second-order valence-electron chi connectivity index (χ2n) is 6.76. The summed E-state index contributed by atoms with van der Waals surface area (Å²) in [5.74, 6) is -0.227. The van der Waals surface area contributed by atoms with Crippen molar-refractivity contribution in [3.63, 3.8) is 0 Å². The van der Waals surface area contributed by atoms with Crippen LogP contribution >= 0.6 is 0 Å². The summed E-state index contributed by atoms with van der Waals surface area (Å²) in [6.45, 7) is 5.03. The van der Waals surface area contributed by atoms with Crippen LogP contribution in [0.25, 0.3) is 0 Å². The largest absolute Gasteiger partial charge is 0.360 e. The van der Waals surface area contributed by atoms with Gasteiger partial charge in [0.1, 0.15) is 17.8 Å². The van der Waals surface area contributed by atoms with E-state index in [4.69, 9.17) is 4.52 Å². The molecule has 4 amide bonds. The van der Waals surface area contributed by atoms with Crippen molar-refractivity contribution in [2.45, 2.75) is 39.2 Å². The van der Waals surface area contributed by atoms with Crippen molar-refractivity contribution in [2.24, 2.45) is 0 Å². The average Bonchev–Trinajstić information content (AvgIpc) is 3.12. The number of benzene rings is 1. The van der Waals surface area contributed by atoms with Gasteiger partial charge in [-0.05, 0) is 31.4 Å². The number of anilines is 1. The SMILES string of the molecule is CCCc1ccc([C@]2(C)NC(=O)N(CC(=O)Nc3cc(C)on3)C2=O)cc1. The molecule has 1 saturated heterocycles. The van der Waals surface area contributed by atoms with Gasteiger partial charge in [0.25, 0.3) is 5.91 Å². The summed E-state index contributed by atoms with van der Waals surface area (Å²) in [4.78, 5) is 38.3. The van der Waals surface area contributed by atoms with Gasteiger partial charge < -0.3 is 15.2 Å². The molecule has 8 heteroatoms. The van der Waals surface area contributed by atoms with Crippen molar-refractivity contribution in [2.75, 3.05) is 11.9 Å². The summed E-state index contributed by atoms with van der Waals surface area (Å²) >= 11 is 0. The number of imide groups is 1. The summed E-state index contributed by atoms with van der Waals surface area (Å²) in [6.07, 6.45) is 1.98. The van der Waals surface area contributed by atoms with Gasteiger partial charge in [0.05, 0.1) is 0 Å². The van der Waals surface area contributed by atoms with Gasteiger partial charge in [-0.15, -0.1) is 0 Å². The standard InChI is InChI=1S/C19H22N4O4/c1-4-5-13-6-8-14(9-7-13)19(3)17(25)23(18(26)21-19)11-16(24)20-15-10-12(2)27-22-15/h6-10H,4-5,11H2,1-3H3,(H,21,26)(H,20,22,24)/t19-/m0/s1. The minimum absolute atomic E-state index is 0.235. The van der Waals surface area contributed by atoms with Gasteiger partial charge in [-0.2, -0.15) is 0 Å². The third-order valence-electron chi connectivity index (χ3n) is 4.54. The van der Waals surface area contributed by atoms with E-state index in [-0.39, 0.29) is 5.82 Å². The molecular formula is C19H22N4O4. The molecular weight excluding hydrogens is 348 g/mol. The lowest BCUT2D eigenvalue weighted by Gasteiger charge is -2.22. The van der Waals surface area contributed by atoms with E-state index >= 15 is 0 Å². The summed E-state index contributed by atoms with van der Waals surface area (Å²) in [7, 11) is 0. The number of hydrogen-bond acceptors (Lipinski definition) is 5. The smallest absolute Gasteiger partial charge is 0.325 e. The van der Waals surface area contributed by atoms with E-state index < -0.39 is 29.9 Å². The van der Waals surface area contributed by atoms with Crippen LogP contribution in [0.5, 0.6) is 0 Å². The molecule has 0 spiro atoms. The molecule has 1 aliphatic heterocycles. The first-order chi connectivity index (χ1) is 12.8. The Kier molecular flexibility index (Phi) is 4.98. The van der Waals surface area contributed by atoms with Crippen LogP contribution < -0.4 is 10.6 Å². The third-order valence-corrected chi connectivity index (χ3v) is 4.54. The summed E-state index contributed by atoms with van der Waals surface area (Å²) in [5, 5.41) is 8.85. The van der Waals surface area contributed by atoms with E-state index in [9.17, 15) is 14.4 Å². The van der Waals surface area contributed by atoms with Crippen LogP contribution in [0.3, 0.4) is 0 Å². The first kappa shape index (κ1) is 18.6. The van der Waals surface area contributed by atoms with Crippen molar-refractivity contribution in [1.29, 1.82) is 0 Å². The summed E-state index contributed by atoms with van der Waals surface area (Å²) in [6, 6.07) is 8.52. The number of aromatic nitrogens is 1. The van der Waals surface area contributed by atoms with Crippen molar-refractivity contribution < 1.29 is 18.9 Å². The number of hydrogen-bond donors (Lipinski definition) is 2. The van der Waals surface area contributed by atoms with Crippen molar-refractivity contribution in [3.05, 3.63) is 47.2 Å². The predicted octanol–water partition coefficient (Wildman–Crippen LogP) is 2.34. The highest BCUT2D eigenvalue weighted by Crippen LogP contribution is 2.29. The highest BCUT2D eigenvalue weighted by atomic mass is 16.5. The highest BCUT2D eigenvalue weighted by Gasteiger charge is 2.49. The normalized spacial score (nSPS) is 19.3. The number of amides is 4. The van der Waals surface area contributed by atoms with E-state index in [0.29, 0.717) is 11.3 Å². The minimum atomic E-state index is -1.20. The fourth-order valence-corrected chi connectivity index (χ4v) is 3.08. The van der Waals surface area contributed by atoms with Crippen molar-refractivity contribution in [3.8, 4) is 0 Å². The number of carbonyl (C=O) groups is 3. The molecule has 0 unspecified atom stereocenters. The highest BCUT2D eigenvalue weighted by molar-refractivity contribution is 6.10. The lowest BCUT2D eigenvalue weighted by atomic mass is 9.91. The van der Waals surface area contributed by atoms with Crippen LogP contribution in [0.1, 0.15) is 37.2 Å². The molecule has 27 heavy (non-hydrogen) atoms. The Labute approximate surface area is 156 Å². The molecule has 142 valence electrons. The Morgan fingerprint density at radius 3 is 2.59 bits per heavy atom. The number of aryl methyl sites for hydroxylation is 2. The van der Waals surface area contributed by atoms with Gasteiger partial charge in [0, 0.05) is 6.07 Å². The van der Waals surface area contributed by atoms with Gasteiger partial charge >= 0.3 is 6.03 Å². The second-order valence-corrected chi connectivity index (χ2v) is 6.76. The lowest BCUT2D eigenvalue weighted by molar-refractivity contribution is -0.133. The molecule has 2 heterocycles. The fraction of sp³-hybridized carbons (Fsp3) is 0.368. The van der Waals surface area contributed by atoms with Crippen LogP contribution in [0, 0.1) is 6.92 Å². The summed E-state index contributed by atoms with van der Waals surface area (Å²) < 4.78 is 4.87. The maximum absolute atomic E-state index is 12.9. The van der Waals surface area contributed by atoms with Gasteiger partial charge in [-0.25, -0.2) is 4.79 Å². The maximum atomic E-state index is 12.9. The van der Waals surface area contributed by atoms with E-state index in [1.165, 1.54) is 5.56 Å². The zero-order chi connectivity index (χ0) is 19.6. The molecule has 1 atom stereocenters. The van der Waals surface area contributed by atoms with Gasteiger partial charge in [0.15, 0.2) is 5.82 Å². The zero-order valence-corrected chi connectivity index (χ0v) is 15.5. The first-order valence-corrected chi connectivity index (χ1v) is 8.80. The fourth-order valence-electron chi connectivity index (χ4n) is 3.08. The molecule has 1 aromatic carbocycles. The van der Waals surface area contributed by atoms with Gasteiger partial charge in [-0.3, -0.25) is 14.5 Å². The first-order valence-electron chi connectivity index (χ1n) is 8.80. The van der Waals surface area contributed by atoms with Gasteiger partial charge in [0.2, 0.25) is 5.91 Å². The molecule has 3 rings (SSSR count). The van der Waals surface area contributed by atoms with Crippen LogP contribution in [0.15, 0.2) is 34.9 Å². The second kappa shape index (κ2) is 7.22. The molecule has 1 fully saturated rings. The Morgan fingerprint density at radius 1 is 1.30 bits per heavy atom. The van der Waals surface area contributed by atoms with Crippen LogP contribution in [-0.2, 0) is 21.5 Å². The molecule has 0 radical (unpaired) electrons. The minimum Gasteiger partial charge on any atom is -0.360 e. The molecule has 1 aliphatic rings.